The number of unbranched alkanes of at least 4 members (excludes halogenated alkanes) is 25. The van der Waals surface area contributed by atoms with Crippen molar-refractivity contribution < 1.29 is 37.3 Å². The Bertz CT molecular complexity index is 1120. The molecule has 358 valence electrons. The molecule has 0 aromatic carbocycles. The molecule has 0 spiro atoms. The maximum absolute atomic E-state index is 12.7. The van der Waals surface area contributed by atoms with Gasteiger partial charge in [0.05, 0.1) is 34.4 Å². The van der Waals surface area contributed by atoms with Crippen LogP contribution >= 0.6 is 7.82 Å². The number of hydrogen-bond acceptors (Lipinski definition) is 6. The molecule has 0 radical (unpaired) electrons. The number of esters is 1. The summed E-state index contributed by atoms with van der Waals surface area (Å²) in [5.74, 6) is -0.351. The number of allylic oxidation sites excluding steroid dienone is 8. The lowest BCUT2D eigenvalue weighted by atomic mass is 10.0. The highest BCUT2D eigenvalue weighted by Gasteiger charge is 2.26. The fourth-order valence-corrected chi connectivity index (χ4v) is 7.76. The minimum atomic E-state index is -4.29. The van der Waals surface area contributed by atoms with Crippen LogP contribution in [-0.2, 0) is 27.9 Å². The molecule has 1 N–H and O–H groups in total. The molecule has 0 aromatic heterocycles. The first-order valence-electron chi connectivity index (χ1n) is 25.4. The first-order chi connectivity index (χ1) is 29.6. The molecule has 2 atom stereocenters. The van der Waals surface area contributed by atoms with Crippen LogP contribution in [0, 0.1) is 0 Å². The molecule has 0 heterocycles. The molecule has 0 aliphatic heterocycles. The van der Waals surface area contributed by atoms with Crippen LogP contribution in [0.15, 0.2) is 48.6 Å². The second kappa shape index (κ2) is 45.0. The largest absolute Gasteiger partial charge is 0.472 e. The summed E-state index contributed by atoms with van der Waals surface area (Å²) < 4.78 is 35.1. The second-order valence-electron chi connectivity index (χ2n) is 18.2. The Hall–Kier alpha value is -1.54. The van der Waals surface area contributed by atoms with Crippen molar-refractivity contribution in [3.05, 3.63) is 48.6 Å². The first kappa shape index (κ1) is 59.5. The monoisotopic (exact) mass is 881 g/mol. The zero-order valence-corrected chi connectivity index (χ0v) is 41.5. The van der Waals surface area contributed by atoms with Gasteiger partial charge in [-0.1, -0.05) is 210 Å². The quantitative estimate of drug-likeness (QED) is 0.0214. The van der Waals surface area contributed by atoms with Gasteiger partial charge in [-0.25, -0.2) is 4.57 Å². The van der Waals surface area contributed by atoms with Crippen molar-refractivity contribution in [2.75, 3.05) is 54.1 Å². The van der Waals surface area contributed by atoms with Crippen LogP contribution in [0.3, 0.4) is 0 Å². The molecule has 0 aliphatic rings. The van der Waals surface area contributed by atoms with E-state index in [0.29, 0.717) is 24.1 Å². The third kappa shape index (κ3) is 49.3. The van der Waals surface area contributed by atoms with Crippen LogP contribution in [0.5, 0.6) is 0 Å². The summed E-state index contributed by atoms with van der Waals surface area (Å²) in [5.41, 5.74) is 0. The standard InChI is InChI=1S/C52H98NO7P/c1-6-8-10-12-14-16-18-20-22-23-24-25-26-27-28-29-30-32-34-36-38-40-42-44-47-57-49-51(50-59-61(55,56)58-48-46-53(3,4)5)60-52(54)45-43-41-39-37-35-33-31-21-19-17-15-13-11-9-7-2/h9,11,15,17,21,31,35,37,51H,6-8,10,12-14,16,18-20,22-30,32-34,36,38-50H2,1-5H3/p+1/b11-9-,17-15-,31-21-,37-35-. The third-order valence-electron chi connectivity index (χ3n) is 10.9. The van der Waals surface area contributed by atoms with Gasteiger partial charge in [-0.15, -0.1) is 0 Å². The van der Waals surface area contributed by atoms with Gasteiger partial charge in [0.2, 0.25) is 0 Å². The van der Waals surface area contributed by atoms with Crippen molar-refractivity contribution in [3.8, 4) is 0 Å². The summed E-state index contributed by atoms with van der Waals surface area (Å²) >= 11 is 0. The Morgan fingerprint density at radius 2 is 0.951 bits per heavy atom. The van der Waals surface area contributed by atoms with Gasteiger partial charge in [0.1, 0.15) is 19.3 Å². The van der Waals surface area contributed by atoms with Gasteiger partial charge in [0, 0.05) is 13.0 Å². The molecule has 0 fully saturated rings. The molecule has 0 aliphatic carbocycles. The van der Waals surface area contributed by atoms with Gasteiger partial charge >= 0.3 is 13.8 Å². The fourth-order valence-electron chi connectivity index (χ4n) is 7.02. The van der Waals surface area contributed by atoms with Crippen molar-refractivity contribution in [2.45, 2.75) is 225 Å². The van der Waals surface area contributed by atoms with Gasteiger partial charge in [-0.3, -0.25) is 13.8 Å². The smallest absolute Gasteiger partial charge is 0.457 e. The molecule has 61 heavy (non-hydrogen) atoms. The number of ether oxygens (including phenoxy) is 2. The van der Waals surface area contributed by atoms with E-state index in [1.165, 1.54) is 141 Å². The zero-order valence-electron chi connectivity index (χ0n) is 40.7. The minimum absolute atomic E-state index is 0.0804. The number of carbonyl (C=O) groups excluding carboxylic acids is 1. The Balaban J connectivity index is 4.11. The van der Waals surface area contributed by atoms with E-state index in [1.54, 1.807) is 0 Å². The van der Waals surface area contributed by atoms with Crippen LogP contribution < -0.4 is 0 Å². The van der Waals surface area contributed by atoms with E-state index in [-0.39, 0.29) is 32.2 Å². The molecule has 2 unspecified atom stereocenters. The van der Waals surface area contributed by atoms with Gasteiger partial charge < -0.3 is 18.9 Å². The van der Waals surface area contributed by atoms with E-state index in [4.69, 9.17) is 18.5 Å². The first-order valence-corrected chi connectivity index (χ1v) is 26.9. The Morgan fingerprint density at radius 3 is 1.39 bits per heavy atom. The Labute approximate surface area is 378 Å². The molecule has 0 saturated carbocycles. The lowest BCUT2D eigenvalue weighted by molar-refractivity contribution is -0.870. The average Bonchev–Trinajstić information content (AvgIpc) is 3.22. The molecular weight excluding hydrogens is 782 g/mol. The van der Waals surface area contributed by atoms with E-state index in [2.05, 4.69) is 62.5 Å². The highest BCUT2D eigenvalue weighted by Crippen LogP contribution is 2.43. The van der Waals surface area contributed by atoms with E-state index in [0.717, 1.165) is 51.4 Å². The van der Waals surface area contributed by atoms with Gasteiger partial charge in [-0.2, -0.15) is 0 Å². The summed E-state index contributed by atoms with van der Waals surface area (Å²) in [5, 5.41) is 0. The van der Waals surface area contributed by atoms with E-state index in [1.807, 2.05) is 21.1 Å². The van der Waals surface area contributed by atoms with Crippen molar-refractivity contribution in [2.24, 2.45) is 0 Å². The van der Waals surface area contributed by atoms with Crippen LogP contribution in [0.2, 0.25) is 0 Å². The molecule has 8 nitrogen and oxygen atoms in total. The second-order valence-corrected chi connectivity index (χ2v) is 19.6. The summed E-state index contributed by atoms with van der Waals surface area (Å²) in [6.07, 6.45) is 56.0. The van der Waals surface area contributed by atoms with Crippen molar-refractivity contribution in [1.29, 1.82) is 0 Å². The molecular formula is C52H99NO7P+. The van der Waals surface area contributed by atoms with Gasteiger partial charge in [0.15, 0.2) is 0 Å². The van der Waals surface area contributed by atoms with E-state index < -0.39 is 13.9 Å². The third-order valence-corrected chi connectivity index (χ3v) is 11.9. The molecule has 0 rings (SSSR count). The van der Waals surface area contributed by atoms with Crippen LogP contribution in [0.1, 0.15) is 219 Å². The lowest BCUT2D eigenvalue weighted by Gasteiger charge is -2.24. The summed E-state index contributed by atoms with van der Waals surface area (Å²) in [7, 11) is 1.64. The van der Waals surface area contributed by atoms with Crippen molar-refractivity contribution in [3.63, 3.8) is 0 Å². The highest BCUT2D eigenvalue weighted by atomic mass is 31.2. The number of carbonyl (C=O) groups is 1. The van der Waals surface area contributed by atoms with Gasteiger partial charge in [-0.05, 0) is 51.4 Å². The van der Waals surface area contributed by atoms with Crippen LogP contribution in [0.25, 0.3) is 0 Å². The number of phosphoric ester groups is 1. The fraction of sp³-hybridized carbons (Fsp3) is 0.827. The Kier molecular flexibility index (Phi) is 43.9. The summed E-state index contributed by atoms with van der Waals surface area (Å²) in [6, 6.07) is 0. The number of nitrogens with zero attached hydrogens (tertiary/aromatic N) is 1. The number of rotatable bonds is 47. The summed E-state index contributed by atoms with van der Waals surface area (Å²) in [4.78, 5) is 22.9. The highest BCUT2D eigenvalue weighted by molar-refractivity contribution is 7.47. The number of hydrogen-bond donors (Lipinski definition) is 1. The zero-order chi connectivity index (χ0) is 44.8. The predicted octanol–water partition coefficient (Wildman–Crippen LogP) is 15.5. The van der Waals surface area contributed by atoms with Crippen LogP contribution in [-0.4, -0.2) is 75.6 Å². The maximum atomic E-state index is 12.7. The number of likely N-dealkylation sites (N-methyl/N-ethyl adjacent to an activating group) is 1. The number of phosphoric acid groups is 1. The van der Waals surface area contributed by atoms with E-state index >= 15 is 0 Å². The normalized spacial score (nSPS) is 14.0. The summed E-state index contributed by atoms with van der Waals surface area (Å²) in [6.45, 7) is 5.48. The average molecular weight is 881 g/mol. The van der Waals surface area contributed by atoms with Crippen molar-refractivity contribution >= 4 is 13.8 Å². The molecule has 0 saturated heterocycles. The van der Waals surface area contributed by atoms with E-state index in [9.17, 15) is 14.3 Å². The molecule has 0 amide bonds. The number of quaternary nitrogens is 1. The predicted molar refractivity (Wildman–Crippen MR) is 261 cm³/mol. The van der Waals surface area contributed by atoms with Gasteiger partial charge in [0.25, 0.3) is 0 Å². The molecule has 0 aromatic rings. The van der Waals surface area contributed by atoms with Crippen molar-refractivity contribution in [1.82, 2.24) is 0 Å². The molecule has 9 heteroatoms. The minimum Gasteiger partial charge on any atom is -0.457 e. The molecule has 0 bridgehead atoms. The lowest BCUT2D eigenvalue weighted by Crippen LogP contribution is -2.37. The Morgan fingerprint density at radius 1 is 0.525 bits per heavy atom. The SMILES string of the molecule is CC/C=C\C/C=C\C/C=C\C/C=C\CCCCC(=O)OC(COCCCCCCCCCCCCCCCCCCCCCCCCCC)COP(=O)(O)OCC[N+](C)(C)C. The van der Waals surface area contributed by atoms with Crippen LogP contribution in [0.4, 0.5) is 0 Å². The topological polar surface area (TPSA) is 91.3 Å². The maximum Gasteiger partial charge on any atom is 0.472 e.